The molecule has 2 aliphatic heterocycles. The number of nitrogens with zero attached hydrogens (tertiary/aromatic N) is 5. The normalized spacial score (nSPS) is 16.8. The number of carbonyl (C=O) groups excluding carboxylic acids is 1. The molecule has 0 atom stereocenters. The number of aryl methyl sites for hydroxylation is 1. The second-order valence-corrected chi connectivity index (χ2v) is 8.91. The van der Waals surface area contributed by atoms with E-state index in [9.17, 15) is 4.79 Å². The van der Waals surface area contributed by atoms with Crippen LogP contribution in [0, 0.1) is 12.8 Å². The van der Waals surface area contributed by atoms with Crippen LogP contribution in [0.25, 0.3) is 11.3 Å². The van der Waals surface area contributed by atoms with E-state index in [0.717, 1.165) is 54.0 Å². The number of benzene rings is 2. The SMILES string of the molecule is Cc1ccc(Cl)cc1N1CCN(C(=O)C2CN(c3cc(-c4ccccc4)ncn3)C2)CC1. The summed E-state index contributed by atoms with van der Waals surface area (Å²) in [6.07, 6.45) is 1.60. The van der Waals surface area contributed by atoms with Crippen molar-refractivity contribution in [3.63, 3.8) is 0 Å². The summed E-state index contributed by atoms with van der Waals surface area (Å²) in [7, 11) is 0. The second kappa shape index (κ2) is 8.79. The van der Waals surface area contributed by atoms with E-state index in [-0.39, 0.29) is 11.8 Å². The molecule has 0 radical (unpaired) electrons. The van der Waals surface area contributed by atoms with Crippen LogP contribution in [0.15, 0.2) is 60.9 Å². The number of anilines is 2. The van der Waals surface area contributed by atoms with Crippen LogP contribution in [-0.4, -0.2) is 60.0 Å². The smallest absolute Gasteiger partial charge is 0.229 e. The van der Waals surface area contributed by atoms with Crippen LogP contribution in [0.3, 0.4) is 0 Å². The van der Waals surface area contributed by atoms with E-state index < -0.39 is 0 Å². The summed E-state index contributed by atoms with van der Waals surface area (Å²) in [4.78, 5) is 28.3. The molecule has 5 rings (SSSR count). The molecule has 1 aromatic heterocycles. The molecule has 1 amide bonds. The third kappa shape index (κ3) is 4.15. The van der Waals surface area contributed by atoms with Gasteiger partial charge in [-0.2, -0.15) is 0 Å². The number of rotatable bonds is 4. The van der Waals surface area contributed by atoms with Gasteiger partial charge in [0.05, 0.1) is 11.6 Å². The van der Waals surface area contributed by atoms with Crippen LogP contribution in [0.5, 0.6) is 0 Å². The van der Waals surface area contributed by atoms with Crippen LogP contribution in [0.2, 0.25) is 5.02 Å². The van der Waals surface area contributed by atoms with Gasteiger partial charge in [0, 0.05) is 61.6 Å². The minimum Gasteiger partial charge on any atom is -0.368 e. The van der Waals surface area contributed by atoms with Gasteiger partial charge in [-0.1, -0.05) is 48.0 Å². The number of halogens is 1. The number of amides is 1. The fourth-order valence-corrected chi connectivity index (χ4v) is 4.62. The maximum atomic E-state index is 13.0. The molecule has 2 aromatic carbocycles. The van der Waals surface area contributed by atoms with Gasteiger partial charge < -0.3 is 14.7 Å². The van der Waals surface area contributed by atoms with Gasteiger partial charge in [-0.05, 0) is 24.6 Å². The molecule has 32 heavy (non-hydrogen) atoms. The Kier molecular flexibility index (Phi) is 5.70. The predicted molar refractivity (Wildman–Crippen MR) is 128 cm³/mol. The number of piperazine rings is 1. The van der Waals surface area contributed by atoms with Crippen LogP contribution in [0.4, 0.5) is 11.5 Å². The summed E-state index contributed by atoms with van der Waals surface area (Å²) in [6, 6.07) is 18.1. The van der Waals surface area contributed by atoms with Crippen molar-refractivity contribution < 1.29 is 4.79 Å². The van der Waals surface area contributed by atoms with E-state index in [0.29, 0.717) is 13.1 Å². The molecule has 2 fully saturated rings. The fraction of sp³-hybridized carbons (Fsp3) is 0.320. The Labute approximate surface area is 193 Å². The molecule has 0 unspecified atom stereocenters. The Bertz CT molecular complexity index is 1110. The average molecular weight is 448 g/mol. The van der Waals surface area contributed by atoms with Crippen molar-refractivity contribution in [2.75, 3.05) is 49.1 Å². The molecule has 2 aliphatic rings. The minimum atomic E-state index is 0.0320. The van der Waals surface area contributed by atoms with E-state index in [1.54, 1.807) is 6.33 Å². The zero-order valence-corrected chi connectivity index (χ0v) is 18.9. The summed E-state index contributed by atoms with van der Waals surface area (Å²) in [5.74, 6) is 1.16. The van der Waals surface area contributed by atoms with Gasteiger partial charge in [-0.25, -0.2) is 9.97 Å². The number of hydrogen-bond donors (Lipinski definition) is 0. The van der Waals surface area contributed by atoms with Gasteiger partial charge in [0.2, 0.25) is 5.91 Å². The molecule has 0 saturated carbocycles. The van der Waals surface area contributed by atoms with Gasteiger partial charge in [0.15, 0.2) is 0 Å². The minimum absolute atomic E-state index is 0.0320. The van der Waals surface area contributed by atoms with E-state index in [1.165, 1.54) is 5.56 Å². The first kappa shape index (κ1) is 20.8. The van der Waals surface area contributed by atoms with Crippen molar-refractivity contribution in [1.82, 2.24) is 14.9 Å². The molecule has 164 valence electrons. The highest BCUT2D eigenvalue weighted by Gasteiger charge is 2.37. The maximum absolute atomic E-state index is 13.0. The van der Waals surface area contributed by atoms with Crippen molar-refractivity contribution in [1.29, 1.82) is 0 Å². The molecular formula is C25H26ClN5O. The molecule has 6 nitrogen and oxygen atoms in total. The maximum Gasteiger partial charge on any atom is 0.229 e. The third-order valence-electron chi connectivity index (χ3n) is 6.38. The van der Waals surface area contributed by atoms with Crippen molar-refractivity contribution in [3.05, 3.63) is 71.5 Å². The van der Waals surface area contributed by atoms with Crippen molar-refractivity contribution in [2.24, 2.45) is 5.92 Å². The Morgan fingerprint density at radius 2 is 1.69 bits per heavy atom. The summed E-state index contributed by atoms with van der Waals surface area (Å²) >= 11 is 6.19. The Hall–Kier alpha value is -3.12. The molecule has 3 aromatic rings. The Morgan fingerprint density at radius 3 is 2.44 bits per heavy atom. The van der Waals surface area contributed by atoms with Crippen molar-refractivity contribution in [2.45, 2.75) is 6.92 Å². The van der Waals surface area contributed by atoms with Gasteiger partial charge in [-0.3, -0.25) is 4.79 Å². The Balaban J connectivity index is 1.17. The Morgan fingerprint density at radius 1 is 0.938 bits per heavy atom. The molecule has 3 heterocycles. The molecule has 0 aliphatic carbocycles. The second-order valence-electron chi connectivity index (χ2n) is 8.47. The highest BCUT2D eigenvalue weighted by Crippen LogP contribution is 2.29. The van der Waals surface area contributed by atoms with Gasteiger partial charge in [0.1, 0.15) is 12.1 Å². The highest BCUT2D eigenvalue weighted by molar-refractivity contribution is 6.30. The number of carbonyl (C=O) groups is 1. The molecule has 0 bridgehead atoms. The van der Waals surface area contributed by atoms with Gasteiger partial charge >= 0.3 is 0 Å². The third-order valence-corrected chi connectivity index (χ3v) is 6.62. The molecule has 0 N–H and O–H groups in total. The largest absolute Gasteiger partial charge is 0.368 e. The summed E-state index contributed by atoms with van der Waals surface area (Å²) in [6.45, 7) is 6.66. The first-order chi connectivity index (χ1) is 15.6. The molecule has 2 saturated heterocycles. The van der Waals surface area contributed by atoms with E-state index in [4.69, 9.17) is 11.6 Å². The summed E-state index contributed by atoms with van der Waals surface area (Å²) in [5.41, 5.74) is 4.34. The lowest BCUT2D eigenvalue weighted by molar-refractivity contribution is -0.136. The van der Waals surface area contributed by atoms with Crippen molar-refractivity contribution in [3.8, 4) is 11.3 Å². The lowest BCUT2D eigenvalue weighted by Crippen LogP contribution is -2.58. The van der Waals surface area contributed by atoms with Crippen LogP contribution in [-0.2, 0) is 4.79 Å². The molecule has 7 heteroatoms. The van der Waals surface area contributed by atoms with Gasteiger partial charge in [-0.15, -0.1) is 0 Å². The van der Waals surface area contributed by atoms with Crippen LogP contribution in [0.1, 0.15) is 5.56 Å². The van der Waals surface area contributed by atoms with Crippen LogP contribution >= 0.6 is 11.6 Å². The van der Waals surface area contributed by atoms with Gasteiger partial charge in [0.25, 0.3) is 0 Å². The lowest BCUT2D eigenvalue weighted by atomic mass is 9.97. The topological polar surface area (TPSA) is 52.6 Å². The molecule has 0 spiro atoms. The van der Waals surface area contributed by atoms with E-state index in [2.05, 4.69) is 32.8 Å². The zero-order valence-electron chi connectivity index (χ0n) is 18.1. The first-order valence-electron chi connectivity index (χ1n) is 11.0. The number of hydrogen-bond acceptors (Lipinski definition) is 5. The standard InChI is InChI=1S/C25H26ClN5O/c1-18-7-8-21(26)13-23(18)29-9-11-30(12-10-29)25(32)20-15-31(16-20)24-14-22(27-17-28-24)19-5-3-2-4-6-19/h2-8,13-14,17,20H,9-12,15-16H2,1H3. The molecular weight excluding hydrogens is 422 g/mol. The zero-order chi connectivity index (χ0) is 22.1. The quantitative estimate of drug-likeness (QED) is 0.607. The van der Waals surface area contributed by atoms with E-state index in [1.807, 2.05) is 53.4 Å². The first-order valence-corrected chi connectivity index (χ1v) is 11.4. The highest BCUT2D eigenvalue weighted by atomic mass is 35.5. The predicted octanol–water partition coefficient (Wildman–Crippen LogP) is 3.89. The van der Waals surface area contributed by atoms with Crippen LogP contribution < -0.4 is 9.80 Å². The monoisotopic (exact) mass is 447 g/mol. The summed E-state index contributed by atoms with van der Waals surface area (Å²) in [5, 5.41) is 0.749. The average Bonchev–Trinajstić information content (AvgIpc) is 2.80. The summed E-state index contributed by atoms with van der Waals surface area (Å²) < 4.78 is 0. The fourth-order valence-electron chi connectivity index (χ4n) is 4.46. The number of aromatic nitrogens is 2. The van der Waals surface area contributed by atoms with Crippen molar-refractivity contribution >= 4 is 29.0 Å². The van der Waals surface area contributed by atoms with E-state index >= 15 is 0 Å². The lowest BCUT2D eigenvalue weighted by Gasteiger charge is -2.43.